The highest BCUT2D eigenvalue weighted by Crippen LogP contribution is 2.44. The molecule has 274 valence electrons. The first-order valence-corrected chi connectivity index (χ1v) is 17.0. The molecule has 0 bridgehead atoms. The van der Waals surface area contributed by atoms with Crippen LogP contribution in [0.1, 0.15) is 70.2 Å². The van der Waals surface area contributed by atoms with Gasteiger partial charge in [0.2, 0.25) is 0 Å². The lowest BCUT2D eigenvalue weighted by Crippen LogP contribution is -2.48. The Hall–Kier alpha value is -3.18. The van der Waals surface area contributed by atoms with Crippen molar-refractivity contribution in [1.29, 1.82) is 0 Å². The molecule has 8 nitrogen and oxygen atoms in total. The third-order valence-corrected chi connectivity index (χ3v) is 9.18. The molecule has 1 saturated heterocycles. The van der Waals surface area contributed by atoms with Gasteiger partial charge in [-0.15, -0.1) is 0 Å². The zero-order valence-electron chi connectivity index (χ0n) is 27.6. The van der Waals surface area contributed by atoms with Crippen molar-refractivity contribution in [3.8, 4) is 5.75 Å². The van der Waals surface area contributed by atoms with E-state index in [2.05, 4.69) is 4.18 Å². The van der Waals surface area contributed by atoms with Crippen LogP contribution >= 0.6 is 0 Å². The first-order valence-electron chi connectivity index (χ1n) is 15.6. The second-order valence-corrected chi connectivity index (χ2v) is 15.0. The third kappa shape index (κ3) is 9.14. The van der Waals surface area contributed by atoms with Gasteiger partial charge in [0.25, 0.3) is 5.92 Å². The minimum Gasteiger partial charge on any atom is -0.443 e. The van der Waals surface area contributed by atoms with Gasteiger partial charge in [0.1, 0.15) is 23.0 Å². The lowest BCUT2D eigenvalue weighted by atomic mass is 9.84. The van der Waals surface area contributed by atoms with Gasteiger partial charge in [-0.05, 0) is 82.3 Å². The summed E-state index contributed by atoms with van der Waals surface area (Å²) >= 11 is 0. The number of rotatable bonds is 10. The number of carbonyl (C=O) groups is 1. The molecule has 2 aliphatic rings. The number of carbonyl (C=O) groups excluding carboxylic acids is 1. The molecule has 2 aromatic rings. The number of hydrogen-bond acceptors (Lipinski definition) is 7. The number of likely N-dealkylation sites (tertiary alicyclic amines) is 1. The van der Waals surface area contributed by atoms with Crippen LogP contribution in [0.2, 0.25) is 0 Å². The minimum absolute atomic E-state index is 0.0351. The summed E-state index contributed by atoms with van der Waals surface area (Å²) in [6.45, 7) is 6.61. The molecule has 17 heteroatoms. The maximum absolute atomic E-state index is 16.3. The highest BCUT2D eigenvalue weighted by atomic mass is 32.2. The van der Waals surface area contributed by atoms with Crippen LogP contribution in [0.3, 0.4) is 0 Å². The number of hydrogen-bond donors (Lipinski definition) is 0. The van der Waals surface area contributed by atoms with Gasteiger partial charge in [-0.3, -0.25) is 14.2 Å². The molecular formula is C32H39F8N3O5S. The van der Waals surface area contributed by atoms with Gasteiger partial charge in [-0.25, -0.2) is 22.4 Å². The number of nitrogens with zero attached hydrogens (tertiary/aromatic N) is 3. The van der Waals surface area contributed by atoms with Crippen molar-refractivity contribution in [2.24, 2.45) is 0 Å². The maximum atomic E-state index is 16.3. The standard InChI is InChI=1S/C32H39F8N3O5S/c1-19-13-20-14-23(48-49(45,46)32(38,39)40)7-8-24(20)28(42(19)18-31(5,36)37)27-25(34)15-22(16-26(27)35)43(29(44)47-30(2,3)4)21-9-12-41(17-21)11-6-10-33/h7-8,14-16,19,21,28H,6,9-13,17-18H2,1-5H3. The average Bonchev–Trinajstić information content (AvgIpc) is 3.38. The number of halogens is 8. The molecule has 1 fully saturated rings. The van der Waals surface area contributed by atoms with Crippen LogP contribution in [0.15, 0.2) is 30.3 Å². The predicted octanol–water partition coefficient (Wildman–Crippen LogP) is 7.36. The van der Waals surface area contributed by atoms with Crippen LogP contribution in [0.5, 0.6) is 5.75 Å². The molecule has 3 unspecified atom stereocenters. The van der Waals surface area contributed by atoms with Crippen molar-refractivity contribution < 1.29 is 57.3 Å². The van der Waals surface area contributed by atoms with Gasteiger partial charge in [0.05, 0.1) is 31.0 Å². The van der Waals surface area contributed by atoms with Crippen molar-refractivity contribution in [3.63, 3.8) is 0 Å². The summed E-state index contributed by atoms with van der Waals surface area (Å²) in [5.41, 5.74) is -7.42. The van der Waals surface area contributed by atoms with Crippen molar-refractivity contribution >= 4 is 21.9 Å². The number of amides is 1. The van der Waals surface area contributed by atoms with E-state index >= 15 is 8.78 Å². The van der Waals surface area contributed by atoms with E-state index in [1.54, 1.807) is 20.8 Å². The Morgan fingerprint density at radius 2 is 1.65 bits per heavy atom. The fourth-order valence-corrected chi connectivity index (χ4v) is 6.72. The molecule has 0 aliphatic carbocycles. The first kappa shape index (κ1) is 38.6. The number of anilines is 1. The van der Waals surface area contributed by atoms with Crippen molar-refractivity contribution in [3.05, 3.63) is 58.7 Å². The summed E-state index contributed by atoms with van der Waals surface area (Å²) in [5, 5.41) is 0. The predicted molar refractivity (Wildman–Crippen MR) is 165 cm³/mol. The zero-order valence-corrected chi connectivity index (χ0v) is 28.4. The van der Waals surface area contributed by atoms with Crippen LogP contribution in [0.25, 0.3) is 0 Å². The Morgan fingerprint density at radius 3 is 2.20 bits per heavy atom. The van der Waals surface area contributed by atoms with E-state index in [1.165, 1.54) is 6.92 Å². The SMILES string of the molecule is CC1Cc2cc(OS(=O)(=O)C(F)(F)F)ccc2C(c2c(F)cc(N(C(=O)OC(C)(C)C)C3CCN(CCCF)C3)cc2F)N1CC(C)(F)F. The fourth-order valence-electron chi connectivity index (χ4n) is 6.27. The Kier molecular flexibility index (Phi) is 11.2. The first-order chi connectivity index (χ1) is 22.5. The quantitative estimate of drug-likeness (QED) is 0.144. The third-order valence-electron chi connectivity index (χ3n) is 8.20. The molecule has 0 spiro atoms. The zero-order chi connectivity index (χ0) is 36.7. The lowest BCUT2D eigenvalue weighted by molar-refractivity contribution is -0.0500. The van der Waals surface area contributed by atoms with E-state index in [0.29, 0.717) is 26.4 Å². The van der Waals surface area contributed by atoms with Gasteiger partial charge in [-0.2, -0.15) is 21.6 Å². The molecule has 2 aliphatic heterocycles. The Bertz CT molecular complexity index is 1600. The van der Waals surface area contributed by atoms with Crippen LogP contribution < -0.4 is 9.08 Å². The summed E-state index contributed by atoms with van der Waals surface area (Å²) in [6, 6.07) is 1.67. The molecule has 0 aromatic heterocycles. The van der Waals surface area contributed by atoms with Gasteiger partial charge in [-0.1, -0.05) is 6.07 Å². The number of fused-ring (bicyclic) bond motifs is 1. The van der Waals surface area contributed by atoms with Gasteiger partial charge >= 0.3 is 21.7 Å². The largest absolute Gasteiger partial charge is 0.534 e. The van der Waals surface area contributed by atoms with Crippen LogP contribution in [-0.2, 0) is 21.3 Å². The van der Waals surface area contributed by atoms with Crippen LogP contribution in [-0.4, -0.2) is 86.3 Å². The molecule has 49 heavy (non-hydrogen) atoms. The summed E-state index contributed by atoms with van der Waals surface area (Å²) in [5.74, 6) is -6.47. The van der Waals surface area contributed by atoms with E-state index in [-0.39, 0.29) is 36.2 Å². The Morgan fingerprint density at radius 1 is 1.02 bits per heavy atom. The Labute approximate surface area is 280 Å². The summed E-state index contributed by atoms with van der Waals surface area (Å²) in [7, 11) is -6.04. The summed E-state index contributed by atoms with van der Waals surface area (Å²) in [6.07, 6.45) is -0.337. The monoisotopic (exact) mass is 729 g/mol. The summed E-state index contributed by atoms with van der Waals surface area (Å²) in [4.78, 5) is 17.6. The maximum Gasteiger partial charge on any atom is 0.534 e. The second-order valence-electron chi connectivity index (χ2n) is 13.5. The minimum atomic E-state index is -6.04. The van der Waals surface area contributed by atoms with Gasteiger partial charge in [0, 0.05) is 38.2 Å². The van der Waals surface area contributed by atoms with Gasteiger partial charge < -0.3 is 13.8 Å². The van der Waals surface area contributed by atoms with Crippen molar-refractivity contribution in [1.82, 2.24) is 9.80 Å². The van der Waals surface area contributed by atoms with E-state index in [4.69, 9.17) is 4.74 Å². The van der Waals surface area contributed by atoms with E-state index in [1.807, 2.05) is 4.90 Å². The molecule has 2 aromatic carbocycles. The number of alkyl halides is 6. The lowest BCUT2D eigenvalue weighted by Gasteiger charge is -2.43. The number of benzene rings is 2. The summed E-state index contributed by atoms with van der Waals surface area (Å²) < 4.78 is 146. The van der Waals surface area contributed by atoms with E-state index < -0.39 is 87.5 Å². The van der Waals surface area contributed by atoms with Crippen molar-refractivity contribution in [2.75, 3.05) is 37.8 Å². The fraction of sp³-hybridized carbons (Fsp3) is 0.594. The number of ether oxygens (including phenoxy) is 1. The van der Waals surface area contributed by atoms with Crippen molar-refractivity contribution in [2.45, 2.75) is 89.0 Å². The Balaban J connectivity index is 1.81. The highest BCUT2D eigenvalue weighted by molar-refractivity contribution is 7.88. The average molecular weight is 730 g/mol. The molecule has 4 rings (SSSR count). The molecule has 3 atom stereocenters. The smallest absolute Gasteiger partial charge is 0.443 e. The molecule has 1 amide bonds. The van der Waals surface area contributed by atoms with E-state index in [9.17, 15) is 39.6 Å². The molecule has 2 heterocycles. The molecule has 0 saturated carbocycles. The van der Waals surface area contributed by atoms with Crippen LogP contribution in [0.4, 0.5) is 45.6 Å². The molecule has 0 N–H and O–H groups in total. The molecular weight excluding hydrogens is 690 g/mol. The van der Waals surface area contributed by atoms with E-state index in [0.717, 1.165) is 40.1 Å². The normalized spacial score (nSPS) is 21.0. The highest BCUT2D eigenvalue weighted by Gasteiger charge is 2.49. The van der Waals surface area contributed by atoms with Gasteiger partial charge in [0.15, 0.2) is 0 Å². The molecule has 0 radical (unpaired) electrons. The second kappa shape index (κ2) is 14.2. The topological polar surface area (TPSA) is 79.4 Å². The van der Waals surface area contributed by atoms with Crippen LogP contribution in [0, 0.1) is 11.6 Å².